The summed E-state index contributed by atoms with van der Waals surface area (Å²) in [6.45, 7) is 4.85. The third-order valence-corrected chi connectivity index (χ3v) is 13.6. The van der Waals surface area contributed by atoms with Crippen LogP contribution < -0.4 is 0 Å². The molecule has 0 spiro atoms. The molecule has 0 aromatic carbocycles. The molecule has 1 N–H and O–H groups in total. The van der Waals surface area contributed by atoms with Gasteiger partial charge in [-0.1, -0.05) is 242 Å². The first kappa shape index (κ1) is 70.2. The molecule has 2 unspecified atom stereocenters. The lowest BCUT2D eigenvalue weighted by Gasteiger charge is -2.25. The van der Waals surface area contributed by atoms with Crippen molar-refractivity contribution in [2.24, 2.45) is 0 Å². The molecule has 9 heteroatoms. The van der Waals surface area contributed by atoms with Crippen LogP contribution in [0, 0.1) is 0 Å². The summed E-state index contributed by atoms with van der Waals surface area (Å²) < 4.78 is 22.9. The number of carboxylic acid groups (broad SMARTS) is 1. The molecule has 0 fully saturated rings. The topological polar surface area (TPSA) is 108 Å². The summed E-state index contributed by atoms with van der Waals surface area (Å²) in [6.07, 6.45) is 66.4. The molecule has 0 aliphatic rings. The number of carbonyl (C=O) groups excluding carboxylic acids is 2. The van der Waals surface area contributed by atoms with Crippen molar-refractivity contribution in [1.82, 2.24) is 0 Å². The highest BCUT2D eigenvalue weighted by Crippen LogP contribution is 2.17. The smallest absolute Gasteiger partial charge is 0.361 e. The minimum Gasteiger partial charge on any atom is -0.477 e. The van der Waals surface area contributed by atoms with Crippen molar-refractivity contribution < 1.29 is 42.9 Å². The van der Waals surface area contributed by atoms with Gasteiger partial charge in [0, 0.05) is 12.8 Å². The van der Waals surface area contributed by atoms with Gasteiger partial charge in [-0.05, 0) is 77.0 Å². The first-order valence-electron chi connectivity index (χ1n) is 30.8. The normalized spacial score (nSPS) is 13.1. The number of rotatable bonds is 57. The van der Waals surface area contributed by atoms with Gasteiger partial charge in [0.15, 0.2) is 6.10 Å². The average Bonchev–Trinajstić information content (AvgIpc) is 3.36. The monoisotopic (exact) mass is 1030 g/mol. The zero-order valence-electron chi connectivity index (χ0n) is 48.6. The Labute approximate surface area is 451 Å². The van der Waals surface area contributed by atoms with E-state index in [1.807, 2.05) is 21.1 Å². The van der Waals surface area contributed by atoms with Crippen LogP contribution in [0.4, 0.5) is 0 Å². The van der Waals surface area contributed by atoms with Gasteiger partial charge in [0.05, 0.1) is 34.4 Å². The van der Waals surface area contributed by atoms with E-state index in [1.54, 1.807) is 0 Å². The SMILES string of the molecule is CCCCC/C=C\C/C=C\CCCCCCCC(=O)OCC(COC(OCC[N+](C)(C)C)C(=O)O)OC(=O)CCCCCCCCCCCCCCCCCCCCCCC/C=C\C/C=C\CCCCCCC. The van der Waals surface area contributed by atoms with Gasteiger partial charge in [0.2, 0.25) is 0 Å². The highest BCUT2D eigenvalue weighted by molar-refractivity contribution is 5.71. The Balaban J connectivity index is 4.07. The van der Waals surface area contributed by atoms with E-state index in [2.05, 4.69) is 62.5 Å². The van der Waals surface area contributed by atoms with E-state index < -0.39 is 24.3 Å². The Hall–Kier alpha value is -2.75. The summed E-state index contributed by atoms with van der Waals surface area (Å²) in [5, 5.41) is 9.70. The number of ether oxygens (including phenoxy) is 4. The molecule has 0 heterocycles. The van der Waals surface area contributed by atoms with E-state index in [1.165, 1.54) is 186 Å². The number of nitrogens with zero attached hydrogens (tertiary/aromatic N) is 1. The van der Waals surface area contributed by atoms with Crippen LogP contribution >= 0.6 is 0 Å². The first-order valence-corrected chi connectivity index (χ1v) is 30.8. The number of esters is 2. The van der Waals surface area contributed by atoms with Crippen LogP contribution in [0.25, 0.3) is 0 Å². The molecule has 0 saturated heterocycles. The van der Waals surface area contributed by atoms with E-state index in [0.29, 0.717) is 11.0 Å². The second kappa shape index (κ2) is 55.5. The Bertz CT molecular complexity index is 1340. The van der Waals surface area contributed by atoms with Gasteiger partial charge in [-0.2, -0.15) is 0 Å². The van der Waals surface area contributed by atoms with Gasteiger partial charge in [-0.15, -0.1) is 0 Å². The molecule has 9 nitrogen and oxygen atoms in total. The summed E-state index contributed by atoms with van der Waals surface area (Å²) in [4.78, 5) is 37.4. The fourth-order valence-corrected chi connectivity index (χ4v) is 8.78. The molecular formula is C64H118NO8+. The number of aliphatic carboxylic acids is 1. The van der Waals surface area contributed by atoms with Crippen molar-refractivity contribution in [3.63, 3.8) is 0 Å². The van der Waals surface area contributed by atoms with Crippen molar-refractivity contribution in [2.75, 3.05) is 47.5 Å². The van der Waals surface area contributed by atoms with Crippen LogP contribution in [0.3, 0.4) is 0 Å². The summed E-state index contributed by atoms with van der Waals surface area (Å²) in [5.41, 5.74) is 0. The molecular weight excluding hydrogens is 911 g/mol. The Morgan fingerprint density at radius 3 is 1.11 bits per heavy atom. The molecule has 0 aromatic rings. The number of carbonyl (C=O) groups is 3. The highest BCUT2D eigenvalue weighted by Gasteiger charge is 2.25. The summed E-state index contributed by atoms with van der Waals surface area (Å²) in [5.74, 6) is -2.01. The molecule has 0 bridgehead atoms. The minimum atomic E-state index is -1.51. The molecule has 0 aliphatic heterocycles. The van der Waals surface area contributed by atoms with Crippen LogP contribution in [0.1, 0.15) is 284 Å². The lowest BCUT2D eigenvalue weighted by atomic mass is 10.0. The molecule has 0 saturated carbocycles. The highest BCUT2D eigenvalue weighted by atomic mass is 16.7. The number of quaternary nitrogens is 1. The third kappa shape index (κ3) is 56.8. The zero-order valence-corrected chi connectivity index (χ0v) is 48.6. The fourth-order valence-electron chi connectivity index (χ4n) is 8.78. The van der Waals surface area contributed by atoms with Crippen molar-refractivity contribution in [1.29, 1.82) is 0 Å². The van der Waals surface area contributed by atoms with Gasteiger partial charge in [-0.3, -0.25) is 9.59 Å². The summed E-state index contributed by atoms with van der Waals surface area (Å²) >= 11 is 0. The number of carboxylic acids is 1. The second-order valence-electron chi connectivity index (χ2n) is 22.0. The van der Waals surface area contributed by atoms with Crippen LogP contribution in [-0.4, -0.2) is 87.4 Å². The number of unbranched alkanes of at least 4 members (excludes halogenated alkanes) is 34. The van der Waals surface area contributed by atoms with E-state index >= 15 is 0 Å². The van der Waals surface area contributed by atoms with Gasteiger partial charge >= 0.3 is 17.9 Å². The zero-order chi connectivity index (χ0) is 53.4. The fraction of sp³-hybridized carbons (Fsp3) is 0.828. The van der Waals surface area contributed by atoms with Crippen molar-refractivity contribution in [3.8, 4) is 0 Å². The molecule has 0 rings (SSSR count). The number of allylic oxidation sites excluding steroid dienone is 8. The van der Waals surface area contributed by atoms with Gasteiger partial charge in [-0.25, -0.2) is 4.79 Å². The summed E-state index contributed by atoms with van der Waals surface area (Å²) in [6, 6.07) is 0. The van der Waals surface area contributed by atoms with Gasteiger partial charge in [0.25, 0.3) is 6.29 Å². The molecule has 2 atom stereocenters. The molecule has 0 radical (unpaired) electrons. The second-order valence-corrected chi connectivity index (χ2v) is 22.0. The third-order valence-electron chi connectivity index (χ3n) is 13.6. The van der Waals surface area contributed by atoms with E-state index in [4.69, 9.17) is 18.9 Å². The molecule has 0 aliphatic carbocycles. The van der Waals surface area contributed by atoms with Crippen LogP contribution in [-0.2, 0) is 33.3 Å². The van der Waals surface area contributed by atoms with Crippen molar-refractivity contribution in [3.05, 3.63) is 48.6 Å². The van der Waals surface area contributed by atoms with Crippen LogP contribution in [0.15, 0.2) is 48.6 Å². The maximum Gasteiger partial charge on any atom is 0.361 e. The maximum absolute atomic E-state index is 12.9. The van der Waals surface area contributed by atoms with Gasteiger partial charge < -0.3 is 28.5 Å². The van der Waals surface area contributed by atoms with Crippen LogP contribution in [0.5, 0.6) is 0 Å². The Morgan fingerprint density at radius 2 is 0.740 bits per heavy atom. The number of hydrogen-bond acceptors (Lipinski definition) is 7. The predicted molar refractivity (Wildman–Crippen MR) is 309 cm³/mol. The Kier molecular flexibility index (Phi) is 53.4. The Morgan fingerprint density at radius 1 is 0.411 bits per heavy atom. The summed E-state index contributed by atoms with van der Waals surface area (Å²) in [7, 11) is 5.97. The van der Waals surface area contributed by atoms with E-state index in [-0.39, 0.29) is 38.6 Å². The van der Waals surface area contributed by atoms with Gasteiger partial charge in [0.1, 0.15) is 13.2 Å². The predicted octanol–water partition coefficient (Wildman–Crippen LogP) is 18.2. The molecule has 0 aromatic heterocycles. The molecule has 426 valence electrons. The number of hydrogen-bond donors (Lipinski definition) is 1. The van der Waals surface area contributed by atoms with Crippen molar-refractivity contribution >= 4 is 17.9 Å². The first-order chi connectivity index (χ1) is 35.6. The average molecular weight is 1030 g/mol. The standard InChI is InChI=1S/C64H117NO8/c1-6-8-10-12-14-16-18-20-22-23-24-25-26-27-28-29-30-31-32-33-34-35-36-37-38-39-41-43-45-47-49-51-53-55-62(67)73-60(59-72-64(63(68)69)70-57-56-65(3,4)5)58-71-61(66)54-52-50-48-46-44-42-40-21-19-17-15-13-11-9-7-2/h15,17-18,20-21,23-24,40,60,64H,6-14,16,19,22,25-39,41-59H2,1-5H3/p+1/b17-15-,20-18-,24-23-,40-21-. The molecule has 0 amide bonds. The largest absolute Gasteiger partial charge is 0.477 e. The lowest BCUT2D eigenvalue weighted by Crippen LogP contribution is -2.40. The lowest BCUT2D eigenvalue weighted by molar-refractivity contribution is -0.870. The van der Waals surface area contributed by atoms with E-state index in [9.17, 15) is 19.5 Å². The van der Waals surface area contributed by atoms with Crippen molar-refractivity contribution in [2.45, 2.75) is 296 Å². The van der Waals surface area contributed by atoms with Crippen LogP contribution in [0.2, 0.25) is 0 Å². The minimum absolute atomic E-state index is 0.186. The molecule has 73 heavy (non-hydrogen) atoms. The number of likely N-dealkylation sites (N-methyl/N-ethyl adjacent to an activating group) is 1. The quantitative estimate of drug-likeness (QED) is 0.0211. The maximum atomic E-state index is 12.9. The van der Waals surface area contributed by atoms with E-state index in [0.717, 1.165) is 70.6 Å².